The van der Waals surface area contributed by atoms with Crippen LogP contribution in [0.3, 0.4) is 0 Å². The van der Waals surface area contributed by atoms with E-state index in [0.717, 1.165) is 10.4 Å². The molecule has 0 fully saturated rings. The van der Waals surface area contributed by atoms with Crippen molar-refractivity contribution in [3.8, 4) is 0 Å². The molecule has 0 radical (unpaired) electrons. The van der Waals surface area contributed by atoms with Gasteiger partial charge in [0, 0.05) is 10.4 Å². The minimum Gasteiger partial charge on any atom is -0.504 e. The molecule has 2 nitrogen and oxygen atoms in total. The number of benzene rings is 2. The van der Waals surface area contributed by atoms with Gasteiger partial charge in [0.2, 0.25) is 0 Å². The van der Waals surface area contributed by atoms with Crippen molar-refractivity contribution in [2.45, 2.75) is 0 Å². The van der Waals surface area contributed by atoms with Crippen LogP contribution in [0.15, 0.2) is 48.5 Å². The molecule has 0 N–H and O–H groups in total. The van der Waals surface area contributed by atoms with Gasteiger partial charge in [-0.3, -0.25) is 0 Å². The van der Waals surface area contributed by atoms with E-state index < -0.39 is 0 Å². The lowest BCUT2D eigenvalue weighted by Crippen LogP contribution is -1.99. The SMILES string of the molecule is COC=c1ccc(=c2ccc(=COC)cc2)cc1. The molecule has 0 unspecified atom stereocenters. The van der Waals surface area contributed by atoms with Crippen LogP contribution in [0.4, 0.5) is 0 Å². The third-order valence-corrected chi connectivity index (χ3v) is 2.66. The van der Waals surface area contributed by atoms with Gasteiger partial charge in [0.05, 0.1) is 26.7 Å². The van der Waals surface area contributed by atoms with E-state index in [1.807, 2.05) is 24.3 Å². The zero-order chi connectivity index (χ0) is 12.8. The van der Waals surface area contributed by atoms with E-state index in [1.165, 1.54) is 10.4 Å². The summed E-state index contributed by atoms with van der Waals surface area (Å²) in [5.41, 5.74) is 0. The molecule has 0 aromatic heterocycles. The van der Waals surface area contributed by atoms with Crippen molar-refractivity contribution in [3.63, 3.8) is 0 Å². The highest BCUT2D eigenvalue weighted by molar-refractivity contribution is 5.22. The fourth-order valence-corrected chi connectivity index (χ4v) is 1.78. The van der Waals surface area contributed by atoms with Gasteiger partial charge in [-0.05, 0) is 10.4 Å². The molecular weight excluding hydrogens is 224 g/mol. The third-order valence-electron chi connectivity index (χ3n) is 2.66. The maximum atomic E-state index is 4.97. The third kappa shape index (κ3) is 2.92. The van der Waals surface area contributed by atoms with Crippen LogP contribution in [0.5, 0.6) is 0 Å². The molecule has 0 aliphatic carbocycles. The lowest BCUT2D eigenvalue weighted by molar-refractivity contribution is 0.391. The largest absolute Gasteiger partial charge is 0.504 e. The standard InChI is InChI=1S/C16H16O2/c1-17-11-13-3-7-15(8-4-13)16-9-5-14(6-10-16)12-18-2/h3-12H,1-2H3. The van der Waals surface area contributed by atoms with Crippen LogP contribution < -0.4 is 10.4 Å². The highest BCUT2D eigenvalue weighted by atomic mass is 16.5. The highest BCUT2D eigenvalue weighted by Crippen LogP contribution is 1.93. The average Bonchev–Trinajstić information content (AvgIpc) is 2.41. The molecule has 2 rings (SSSR count). The molecule has 0 bridgehead atoms. The van der Waals surface area contributed by atoms with Gasteiger partial charge in [0.1, 0.15) is 0 Å². The van der Waals surface area contributed by atoms with Crippen molar-refractivity contribution in [2.75, 3.05) is 14.2 Å². The lowest BCUT2D eigenvalue weighted by atomic mass is 10.2. The van der Waals surface area contributed by atoms with Crippen LogP contribution in [-0.2, 0) is 9.47 Å². The monoisotopic (exact) mass is 240 g/mol. The second-order valence-corrected chi connectivity index (χ2v) is 3.95. The summed E-state index contributed by atoms with van der Waals surface area (Å²) in [6.45, 7) is 0. The van der Waals surface area contributed by atoms with E-state index in [9.17, 15) is 0 Å². The number of hydrogen-bond donors (Lipinski definition) is 0. The highest BCUT2D eigenvalue weighted by Gasteiger charge is 1.84. The second-order valence-electron chi connectivity index (χ2n) is 3.95. The van der Waals surface area contributed by atoms with E-state index in [4.69, 9.17) is 9.47 Å². The molecule has 0 aliphatic heterocycles. The summed E-state index contributed by atoms with van der Waals surface area (Å²) in [7, 11) is 3.30. The minimum absolute atomic E-state index is 1.06. The van der Waals surface area contributed by atoms with Crippen molar-refractivity contribution < 1.29 is 9.47 Å². The average molecular weight is 240 g/mol. The number of hydrogen-bond acceptors (Lipinski definition) is 2. The summed E-state index contributed by atoms with van der Waals surface area (Å²) in [5, 5.41) is 4.50. The zero-order valence-electron chi connectivity index (χ0n) is 10.6. The quantitative estimate of drug-likeness (QED) is 0.796. The Kier molecular flexibility index (Phi) is 4.02. The van der Waals surface area contributed by atoms with Crippen LogP contribution in [0.2, 0.25) is 0 Å². The molecule has 2 aromatic carbocycles. The molecule has 0 saturated carbocycles. The first-order chi connectivity index (χ1) is 8.83. The molecule has 0 spiro atoms. The fraction of sp³-hybridized carbons (Fsp3) is 0.125. The van der Waals surface area contributed by atoms with Gasteiger partial charge in [0.25, 0.3) is 0 Å². The van der Waals surface area contributed by atoms with Gasteiger partial charge in [-0.2, -0.15) is 0 Å². The van der Waals surface area contributed by atoms with Gasteiger partial charge in [-0.25, -0.2) is 0 Å². The van der Waals surface area contributed by atoms with E-state index >= 15 is 0 Å². The van der Waals surface area contributed by atoms with Crippen molar-refractivity contribution >= 4 is 12.5 Å². The van der Waals surface area contributed by atoms with Crippen LogP contribution >= 0.6 is 0 Å². The van der Waals surface area contributed by atoms with Gasteiger partial charge >= 0.3 is 0 Å². The normalized spacial score (nSPS) is 9.67. The van der Waals surface area contributed by atoms with Crippen LogP contribution in [0.25, 0.3) is 12.5 Å². The second kappa shape index (κ2) is 5.92. The number of methoxy groups -OCH3 is 2. The van der Waals surface area contributed by atoms with E-state index in [2.05, 4.69) is 24.3 Å². The number of ether oxygens (including phenoxy) is 2. The lowest BCUT2D eigenvalue weighted by Gasteiger charge is -1.92. The predicted octanol–water partition coefficient (Wildman–Crippen LogP) is 1.74. The Balaban J connectivity index is 2.54. The van der Waals surface area contributed by atoms with Crippen LogP contribution in [0, 0.1) is 10.4 Å². The Morgan fingerprint density at radius 2 is 0.944 bits per heavy atom. The minimum atomic E-state index is 1.06. The van der Waals surface area contributed by atoms with Crippen molar-refractivity contribution in [2.24, 2.45) is 0 Å². The van der Waals surface area contributed by atoms with Gasteiger partial charge < -0.3 is 9.47 Å². The van der Waals surface area contributed by atoms with Crippen LogP contribution in [-0.4, -0.2) is 14.2 Å². The predicted molar refractivity (Wildman–Crippen MR) is 72.8 cm³/mol. The maximum Gasteiger partial charge on any atom is 0.0896 e. The molecule has 0 atom stereocenters. The van der Waals surface area contributed by atoms with Gasteiger partial charge in [-0.1, -0.05) is 48.5 Å². The Morgan fingerprint density at radius 1 is 0.611 bits per heavy atom. The Labute approximate surface area is 106 Å². The summed E-state index contributed by atoms with van der Waals surface area (Å²) in [6.07, 6.45) is 3.45. The molecule has 2 heteroatoms. The molecule has 0 heterocycles. The summed E-state index contributed by atoms with van der Waals surface area (Å²) < 4.78 is 9.95. The molecule has 92 valence electrons. The molecule has 18 heavy (non-hydrogen) atoms. The van der Waals surface area contributed by atoms with E-state index in [1.54, 1.807) is 26.7 Å². The van der Waals surface area contributed by atoms with E-state index in [0.29, 0.717) is 0 Å². The molecule has 2 aromatic rings. The Bertz CT molecular complexity index is 607. The number of rotatable bonds is 2. The topological polar surface area (TPSA) is 18.5 Å². The summed E-state index contributed by atoms with van der Waals surface area (Å²) >= 11 is 0. The van der Waals surface area contributed by atoms with Crippen molar-refractivity contribution in [3.05, 3.63) is 69.4 Å². The smallest absolute Gasteiger partial charge is 0.0896 e. The summed E-state index contributed by atoms with van der Waals surface area (Å²) in [5.74, 6) is 0. The molecule has 0 amide bonds. The summed E-state index contributed by atoms with van der Waals surface area (Å²) in [4.78, 5) is 0. The Morgan fingerprint density at radius 3 is 1.22 bits per heavy atom. The van der Waals surface area contributed by atoms with Gasteiger partial charge in [-0.15, -0.1) is 0 Å². The van der Waals surface area contributed by atoms with Crippen LogP contribution in [0.1, 0.15) is 0 Å². The zero-order valence-corrected chi connectivity index (χ0v) is 10.6. The first-order valence-corrected chi connectivity index (χ1v) is 5.76. The van der Waals surface area contributed by atoms with E-state index in [-0.39, 0.29) is 0 Å². The summed E-state index contributed by atoms with van der Waals surface area (Å²) in [6, 6.07) is 16.5. The molecule has 0 aliphatic rings. The van der Waals surface area contributed by atoms with Gasteiger partial charge in [0.15, 0.2) is 0 Å². The van der Waals surface area contributed by atoms with Crippen molar-refractivity contribution in [1.29, 1.82) is 0 Å². The first kappa shape index (κ1) is 12.2. The first-order valence-electron chi connectivity index (χ1n) is 5.76. The van der Waals surface area contributed by atoms with Crippen molar-refractivity contribution in [1.82, 2.24) is 0 Å². The maximum absolute atomic E-state index is 4.97. The fourth-order valence-electron chi connectivity index (χ4n) is 1.78. The molecule has 0 saturated heterocycles. The molecular formula is C16H16O2. The Hall–Kier alpha value is -2.22.